The first kappa shape index (κ1) is 13.3. The predicted octanol–water partition coefficient (Wildman–Crippen LogP) is 1.05. The largest absolute Gasteiger partial charge is 0.481 e. The lowest BCUT2D eigenvalue weighted by Crippen LogP contribution is -2.35. The number of fused-ring (bicyclic) bond motifs is 2. The van der Waals surface area contributed by atoms with Gasteiger partial charge in [-0.1, -0.05) is 0 Å². The number of esters is 1. The number of carbonyl (C=O) groups excluding carboxylic acids is 1. The summed E-state index contributed by atoms with van der Waals surface area (Å²) < 4.78 is 5.15. The first-order valence-electron chi connectivity index (χ1n) is 6.65. The second kappa shape index (κ2) is 5.69. The smallest absolute Gasteiger partial charge is 0.310 e. The summed E-state index contributed by atoms with van der Waals surface area (Å²) in [5, 5.41) is 17.8. The minimum absolute atomic E-state index is 0.0867. The first-order chi connectivity index (χ1) is 8.65. The maximum Gasteiger partial charge on any atom is 0.310 e. The number of carboxylic acid groups (broad SMARTS) is 1. The molecule has 0 amide bonds. The fraction of sp³-hybridized carbons (Fsp3) is 0.846. The van der Waals surface area contributed by atoms with E-state index in [-0.39, 0.29) is 31.0 Å². The van der Waals surface area contributed by atoms with Crippen molar-refractivity contribution in [2.45, 2.75) is 32.1 Å². The predicted molar refractivity (Wildman–Crippen MR) is 62.7 cm³/mol. The Balaban J connectivity index is 1.90. The van der Waals surface area contributed by atoms with Gasteiger partial charge in [-0.25, -0.2) is 0 Å². The number of hydrogen-bond donors (Lipinski definition) is 2. The van der Waals surface area contributed by atoms with E-state index in [1.165, 1.54) is 0 Å². The molecular weight excluding hydrogens is 236 g/mol. The van der Waals surface area contributed by atoms with Gasteiger partial charge in [0.15, 0.2) is 0 Å². The molecule has 0 radical (unpaired) electrons. The van der Waals surface area contributed by atoms with Gasteiger partial charge in [-0.15, -0.1) is 0 Å². The van der Waals surface area contributed by atoms with Crippen LogP contribution in [0.25, 0.3) is 0 Å². The fourth-order valence-corrected chi connectivity index (χ4v) is 3.47. The molecule has 2 aliphatic rings. The molecule has 2 bridgehead atoms. The number of hydrogen-bond acceptors (Lipinski definition) is 4. The molecule has 0 aliphatic heterocycles. The summed E-state index contributed by atoms with van der Waals surface area (Å²) in [4.78, 5) is 23.2. The average molecular weight is 256 g/mol. The van der Waals surface area contributed by atoms with Crippen LogP contribution in [0.3, 0.4) is 0 Å². The Morgan fingerprint density at radius 3 is 2.39 bits per heavy atom. The topological polar surface area (TPSA) is 83.8 Å². The van der Waals surface area contributed by atoms with Crippen molar-refractivity contribution in [1.82, 2.24) is 0 Å². The van der Waals surface area contributed by atoms with Crippen LogP contribution in [0.15, 0.2) is 0 Å². The standard InChI is InChI=1S/C13H20O5/c14-5-1-2-6-18-13(17)11-9-4-3-8(7-9)10(11)12(15)16/h8-11,14H,1-7H2,(H,15,16). The number of rotatable bonds is 6. The van der Waals surface area contributed by atoms with Crippen LogP contribution in [0.1, 0.15) is 32.1 Å². The van der Waals surface area contributed by atoms with Gasteiger partial charge in [0.1, 0.15) is 0 Å². The number of ether oxygens (including phenoxy) is 1. The van der Waals surface area contributed by atoms with Crippen LogP contribution in [-0.2, 0) is 14.3 Å². The molecule has 2 saturated carbocycles. The second-order valence-electron chi connectivity index (χ2n) is 5.32. The van der Waals surface area contributed by atoms with Crippen LogP contribution in [0.2, 0.25) is 0 Å². The van der Waals surface area contributed by atoms with Crippen LogP contribution in [0, 0.1) is 23.7 Å². The maximum absolute atomic E-state index is 12.0. The average Bonchev–Trinajstić information content (AvgIpc) is 2.94. The van der Waals surface area contributed by atoms with Gasteiger partial charge in [-0.3, -0.25) is 9.59 Å². The third-order valence-corrected chi connectivity index (χ3v) is 4.27. The Morgan fingerprint density at radius 2 is 1.78 bits per heavy atom. The van der Waals surface area contributed by atoms with Crippen LogP contribution in [0.5, 0.6) is 0 Å². The third-order valence-electron chi connectivity index (χ3n) is 4.27. The molecule has 0 heterocycles. The molecule has 102 valence electrons. The fourth-order valence-electron chi connectivity index (χ4n) is 3.47. The van der Waals surface area contributed by atoms with Gasteiger partial charge in [0.2, 0.25) is 0 Å². The summed E-state index contributed by atoms with van der Waals surface area (Å²) in [7, 11) is 0. The van der Waals surface area contributed by atoms with Gasteiger partial charge in [-0.2, -0.15) is 0 Å². The molecule has 0 saturated heterocycles. The van der Waals surface area contributed by atoms with Gasteiger partial charge < -0.3 is 14.9 Å². The molecule has 0 aromatic heterocycles. The zero-order chi connectivity index (χ0) is 13.1. The first-order valence-corrected chi connectivity index (χ1v) is 6.65. The van der Waals surface area contributed by atoms with E-state index in [9.17, 15) is 14.7 Å². The molecule has 2 rings (SSSR count). The molecule has 0 aromatic rings. The van der Waals surface area contributed by atoms with Gasteiger partial charge in [-0.05, 0) is 43.9 Å². The molecule has 5 heteroatoms. The number of carboxylic acids is 1. The summed E-state index contributed by atoms with van der Waals surface area (Å²) in [5.74, 6) is -1.86. The normalized spacial score (nSPS) is 33.6. The second-order valence-corrected chi connectivity index (χ2v) is 5.32. The van der Waals surface area contributed by atoms with E-state index in [4.69, 9.17) is 9.84 Å². The van der Waals surface area contributed by atoms with Crippen molar-refractivity contribution in [3.63, 3.8) is 0 Å². The molecule has 2 fully saturated rings. The summed E-state index contributed by atoms with van der Waals surface area (Å²) in [5.41, 5.74) is 0. The molecule has 2 aliphatic carbocycles. The molecule has 18 heavy (non-hydrogen) atoms. The van der Waals surface area contributed by atoms with E-state index in [0.29, 0.717) is 12.8 Å². The maximum atomic E-state index is 12.0. The number of aliphatic hydroxyl groups is 1. The highest BCUT2D eigenvalue weighted by molar-refractivity contribution is 5.82. The summed E-state index contributed by atoms with van der Waals surface area (Å²) in [6, 6.07) is 0. The SMILES string of the molecule is O=C(O)C1C2CCC(C2)C1C(=O)OCCCCO. The van der Waals surface area contributed by atoms with E-state index >= 15 is 0 Å². The minimum atomic E-state index is -0.862. The molecular formula is C13H20O5. The monoisotopic (exact) mass is 256 g/mol. The minimum Gasteiger partial charge on any atom is -0.481 e. The summed E-state index contributed by atoms with van der Waals surface area (Å²) in [6.07, 6.45) is 3.96. The summed E-state index contributed by atoms with van der Waals surface area (Å²) in [6.45, 7) is 0.364. The number of aliphatic hydroxyl groups excluding tert-OH is 1. The Kier molecular flexibility index (Phi) is 4.22. The molecule has 0 spiro atoms. The Morgan fingerprint density at radius 1 is 1.11 bits per heavy atom. The van der Waals surface area contributed by atoms with Gasteiger partial charge >= 0.3 is 11.9 Å². The van der Waals surface area contributed by atoms with E-state index < -0.39 is 17.8 Å². The van der Waals surface area contributed by atoms with E-state index in [1.54, 1.807) is 0 Å². The van der Waals surface area contributed by atoms with Crippen molar-refractivity contribution in [2.75, 3.05) is 13.2 Å². The lowest BCUT2D eigenvalue weighted by molar-refractivity contribution is -0.160. The van der Waals surface area contributed by atoms with Crippen molar-refractivity contribution >= 4 is 11.9 Å². The highest BCUT2D eigenvalue weighted by Crippen LogP contribution is 2.52. The highest BCUT2D eigenvalue weighted by Gasteiger charge is 2.54. The lowest BCUT2D eigenvalue weighted by Gasteiger charge is -2.26. The van der Waals surface area contributed by atoms with E-state index in [2.05, 4.69) is 0 Å². The Bertz CT molecular complexity index is 327. The van der Waals surface area contributed by atoms with Crippen LogP contribution < -0.4 is 0 Å². The van der Waals surface area contributed by atoms with Gasteiger partial charge in [0.05, 0.1) is 18.4 Å². The van der Waals surface area contributed by atoms with Crippen LogP contribution >= 0.6 is 0 Å². The van der Waals surface area contributed by atoms with Crippen LogP contribution in [0.4, 0.5) is 0 Å². The Hall–Kier alpha value is -1.10. The lowest BCUT2D eigenvalue weighted by atomic mass is 9.79. The molecule has 5 nitrogen and oxygen atoms in total. The third kappa shape index (κ3) is 2.51. The molecule has 4 atom stereocenters. The van der Waals surface area contributed by atoms with Crippen molar-refractivity contribution < 1.29 is 24.5 Å². The van der Waals surface area contributed by atoms with Gasteiger partial charge in [0, 0.05) is 6.61 Å². The molecule has 2 N–H and O–H groups in total. The van der Waals surface area contributed by atoms with Crippen molar-refractivity contribution in [2.24, 2.45) is 23.7 Å². The van der Waals surface area contributed by atoms with Crippen LogP contribution in [-0.4, -0.2) is 35.4 Å². The summed E-state index contributed by atoms with van der Waals surface area (Å²) >= 11 is 0. The van der Waals surface area contributed by atoms with Crippen molar-refractivity contribution in [1.29, 1.82) is 0 Å². The number of unbranched alkanes of at least 4 members (excludes halogenated alkanes) is 1. The molecule has 0 aromatic carbocycles. The number of carbonyl (C=O) groups is 2. The van der Waals surface area contributed by atoms with Crippen molar-refractivity contribution in [3.05, 3.63) is 0 Å². The van der Waals surface area contributed by atoms with E-state index in [0.717, 1.165) is 19.3 Å². The molecule has 4 unspecified atom stereocenters. The quantitative estimate of drug-likeness (QED) is 0.548. The van der Waals surface area contributed by atoms with Crippen molar-refractivity contribution in [3.8, 4) is 0 Å². The Labute approximate surface area is 106 Å². The van der Waals surface area contributed by atoms with E-state index in [1.807, 2.05) is 0 Å². The zero-order valence-electron chi connectivity index (χ0n) is 10.4. The zero-order valence-corrected chi connectivity index (χ0v) is 10.4. The van der Waals surface area contributed by atoms with Gasteiger partial charge in [0.25, 0.3) is 0 Å². The number of aliphatic carboxylic acids is 1. The highest BCUT2D eigenvalue weighted by atomic mass is 16.5.